The van der Waals surface area contributed by atoms with Crippen LogP contribution in [0.1, 0.15) is 464 Å². The van der Waals surface area contributed by atoms with E-state index in [1.54, 1.807) is 34.6 Å². The first kappa shape index (κ1) is 120. The van der Waals surface area contributed by atoms with E-state index in [0.29, 0.717) is 275 Å². The van der Waals surface area contributed by atoms with E-state index in [1.807, 2.05) is 48.5 Å². The van der Waals surface area contributed by atoms with Crippen LogP contribution in [0.4, 0.5) is 0 Å². The quantitative estimate of drug-likeness (QED) is 0.0157. The third kappa shape index (κ3) is 35.1. The Morgan fingerprint density at radius 2 is 0.448 bits per heavy atom. The average Bonchev–Trinajstić information content (AvgIpc) is 1.65. The minimum atomic E-state index is -0.901. The lowest BCUT2D eigenvalue weighted by Gasteiger charge is -2.23. The normalized spacial score (nSPS) is 13.7. The fourth-order valence-corrected chi connectivity index (χ4v) is 26.7. The molecular formula is C101H155N25O10S9. The molecule has 10 amide bonds. The number of nitrogens with one attached hydrogen (secondary N) is 9. The third-order valence-electron chi connectivity index (χ3n) is 23.7. The van der Waals surface area contributed by atoms with Crippen LogP contribution in [0.5, 0.6) is 0 Å². The van der Waals surface area contributed by atoms with Crippen LogP contribution in [0, 0.1) is 56.3 Å². The molecule has 0 spiro atoms. The highest BCUT2D eigenvalue weighted by Gasteiger charge is 2.40. The second kappa shape index (κ2) is 58.3. The van der Waals surface area contributed by atoms with Crippen LogP contribution in [0.25, 0.3) is 0 Å². The molecule has 798 valence electrons. The molecule has 0 aliphatic heterocycles. The van der Waals surface area contributed by atoms with Crippen LogP contribution in [0.15, 0.2) is 0 Å². The number of hydrogen-bond acceptors (Lipinski definition) is 34. The summed E-state index contributed by atoms with van der Waals surface area (Å²) < 4.78 is 0. The number of amides is 10. The van der Waals surface area contributed by atoms with Crippen LogP contribution < -0.4 is 88.0 Å². The third-order valence-corrected chi connectivity index (χ3v) is 33.4. The number of rotatable bonds is 63. The van der Waals surface area contributed by atoms with Crippen molar-refractivity contribution in [2.24, 2.45) is 75.6 Å². The van der Waals surface area contributed by atoms with Crippen LogP contribution in [-0.4, -0.2) is 143 Å². The van der Waals surface area contributed by atoms with E-state index in [4.69, 9.17) is 85.0 Å². The van der Waals surface area contributed by atoms with E-state index in [1.165, 1.54) is 109 Å². The average molecular weight is 2170 g/mol. The van der Waals surface area contributed by atoms with Crippen molar-refractivity contribution in [2.75, 3.05) is 39.3 Å². The molecule has 145 heavy (non-hydrogen) atoms. The van der Waals surface area contributed by atoms with Gasteiger partial charge in [0, 0.05) is 26.2 Å². The Morgan fingerprint density at radius 1 is 0.241 bits per heavy atom. The predicted octanol–water partition coefficient (Wildman–Crippen LogP) is 16.8. The highest BCUT2D eigenvalue weighted by atomic mass is 32.1. The fourth-order valence-electron chi connectivity index (χ4n) is 17.1. The molecular weight excluding hydrogens is 2010 g/mol. The van der Waals surface area contributed by atoms with Gasteiger partial charge in [0.15, 0.2) is 0 Å². The minimum absolute atomic E-state index is 0.00526. The van der Waals surface area contributed by atoms with E-state index in [0.717, 1.165) is 24.3 Å². The number of thiazole rings is 9. The summed E-state index contributed by atoms with van der Waals surface area (Å²) in [5.74, 6) is -4.34. The molecule has 44 heteroatoms. The van der Waals surface area contributed by atoms with Gasteiger partial charge >= 0.3 is 0 Å². The summed E-state index contributed by atoms with van der Waals surface area (Å²) in [4.78, 5) is 196. The summed E-state index contributed by atoms with van der Waals surface area (Å²) in [6.45, 7) is 39.2. The zero-order chi connectivity index (χ0) is 106. The summed E-state index contributed by atoms with van der Waals surface area (Å²) in [5.41, 5.74) is 45.4. The van der Waals surface area contributed by atoms with Gasteiger partial charge in [0.25, 0.3) is 53.2 Å². The maximum Gasteiger partial charge on any atom is 0.263 e. The zero-order valence-electron chi connectivity index (χ0n) is 87.7. The summed E-state index contributed by atoms with van der Waals surface area (Å²) in [5, 5.41) is 34.8. The number of carbonyl (C=O) groups excluding carboxylic acids is 10. The summed E-state index contributed by atoms with van der Waals surface area (Å²) >= 11 is 11.0. The molecule has 0 aliphatic carbocycles. The van der Waals surface area contributed by atoms with Gasteiger partial charge in [-0.3, -0.25) is 47.9 Å². The molecule has 9 aromatic rings. The minimum Gasteiger partial charge on any atom is -0.365 e. The van der Waals surface area contributed by atoms with Crippen molar-refractivity contribution >= 4 is 161 Å². The maximum absolute atomic E-state index is 15.7. The molecule has 0 aliphatic rings. The highest BCUT2D eigenvalue weighted by Crippen LogP contribution is 2.41. The standard InChI is InChI=1S/C101H155N25O10S9/c1-50(2)44-66(118-99(134)87-78(113-60(17)137-87)63(112-59(16)127)32-20-26-38-102)82-91(141-70(122-82)36-24-30-42-106)95(130)110-57(14)76-85(144-73(125-76)48-54(9)10)97(132)117-65(34-22-28-40-104)80-89(139-62(19)115-80)101(136)120-68(46-52(5)6)83-92(142-71(123-83)37-25-31-43-107)96(131)111-58(15)77-86(145-74(126-77)49-55(11)12)98(133)116-64(33-21-27-39-103)79-88(138-61(18)114-79)100(135)119-67(45-51(3)4)81-90(140-69(121-81)35-23-29-41-105)94(129)109-56(13)75-84(93(108)128)143-72(124-75)47-53(7)8/h50-58,63-68H,20-49,102-107H2,1-19H3,(H2,108,128)(H,109,129)(H,110,130)(H,111,131)(H,112,127)(H,116,133)(H,117,132)(H,118,134)(H,119,135)(H,120,136)/t56-,57-,58-,63-,64-,65-,66-,67-,68-/m0/s1. The highest BCUT2D eigenvalue weighted by molar-refractivity contribution is 7.16. The summed E-state index contributed by atoms with van der Waals surface area (Å²) in [7, 11) is 0. The lowest BCUT2D eigenvalue weighted by molar-refractivity contribution is -0.119. The monoisotopic (exact) mass is 2170 g/mol. The Labute approximate surface area is 890 Å². The maximum atomic E-state index is 15.7. The smallest absolute Gasteiger partial charge is 0.263 e. The molecule has 0 aromatic carbocycles. The van der Waals surface area contributed by atoms with Gasteiger partial charge in [-0.25, -0.2) is 44.9 Å². The molecule has 0 bridgehead atoms. The Kier molecular flexibility index (Phi) is 48.1. The Hall–Kier alpha value is -8.87. The molecule has 9 atom stereocenters. The topological polar surface area (TPSA) is 577 Å². The number of nitrogens with zero attached hydrogens (tertiary/aromatic N) is 9. The van der Waals surface area contributed by atoms with Gasteiger partial charge in [-0.15, -0.1) is 102 Å². The molecule has 9 rings (SSSR count). The SMILES string of the molecule is CC(=O)N[C@@H](CCCCN)c1nc(C)sc1C(=O)N[C@@H](CC(C)C)c1nc(CCCCN)sc1C(=O)N[C@@H](C)c1nc(CC(C)C)sc1C(=O)N[C@@H](CCCCN)c1nc(C)sc1C(=O)N[C@@H](CC(C)C)c1nc(CCCCN)sc1C(=O)N[C@@H](C)c1nc(CC(C)C)sc1C(=O)N[C@@H](CCCCN)c1nc(C)sc1C(=O)N[C@@H](CC(C)C)c1nc(CCCCN)sc1C(=O)N[C@@H](C)c1nc(CC(C)C)sc1C(N)=O. The van der Waals surface area contributed by atoms with E-state index in [-0.39, 0.29) is 75.6 Å². The number of aromatic nitrogens is 9. The first-order valence-electron chi connectivity index (χ1n) is 51.1. The predicted molar refractivity (Wildman–Crippen MR) is 586 cm³/mol. The van der Waals surface area contributed by atoms with Gasteiger partial charge < -0.3 is 88.0 Å². The number of primary amides is 1. The van der Waals surface area contributed by atoms with Gasteiger partial charge in [-0.2, -0.15) is 0 Å². The van der Waals surface area contributed by atoms with Gasteiger partial charge in [-0.05, 0) is 251 Å². The molecule has 23 N–H and O–H groups in total. The second-order valence-corrected chi connectivity index (χ2v) is 50.0. The molecule has 0 unspecified atom stereocenters. The molecule has 9 heterocycles. The van der Waals surface area contributed by atoms with Gasteiger partial charge in [-0.1, -0.05) is 83.1 Å². The van der Waals surface area contributed by atoms with Crippen LogP contribution in [0.2, 0.25) is 0 Å². The first-order chi connectivity index (χ1) is 69.0. The number of hydrogen-bond donors (Lipinski definition) is 16. The van der Waals surface area contributed by atoms with Gasteiger partial charge in [0.2, 0.25) is 5.91 Å². The first-order valence-corrected chi connectivity index (χ1v) is 58.5. The van der Waals surface area contributed by atoms with Crippen molar-refractivity contribution < 1.29 is 47.9 Å². The molecule has 35 nitrogen and oxygen atoms in total. The van der Waals surface area contributed by atoms with E-state index in [9.17, 15) is 19.2 Å². The van der Waals surface area contributed by atoms with Crippen molar-refractivity contribution in [1.82, 2.24) is 92.7 Å². The van der Waals surface area contributed by atoms with Crippen molar-refractivity contribution in [3.63, 3.8) is 0 Å². The number of nitrogens with two attached hydrogens (primary N) is 7. The second-order valence-electron chi connectivity index (χ2n) is 39.9. The van der Waals surface area contributed by atoms with E-state index < -0.39 is 108 Å². The lowest BCUT2D eigenvalue weighted by atomic mass is 9.99. The van der Waals surface area contributed by atoms with Crippen molar-refractivity contribution in [2.45, 2.75) is 340 Å². The lowest BCUT2D eigenvalue weighted by Crippen LogP contribution is -2.35. The molecule has 9 aromatic heterocycles. The Bertz CT molecular complexity index is 5780. The van der Waals surface area contributed by atoms with E-state index in [2.05, 4.69) is 89.4 Å². The van der Waals surface area contributed by atoms with Crippen LogP contribution in [0.3, 0.4) is 0 Å². The molecule has 0 fully saturated rings. The van der Waals surface area contributed by atoms with Crippen LogP contribution >= 0.6 is 102 Å². The molecule has 0 saturated heterocycles. The Morgan fingerprint density at radius 3 is 0.697 bits per heavy atom. The summed E-state index contributed by atoms with van der Waals surface area (Å²) in [6.07, 6.45) is 13.4. The molecule has 0 radical (unpaired) electrons. The van der Waals surface area contributed by atoms with E-state index >= 15 is 28.8 Å². The number of aryl methyl sites for hydroxylation is 6. The van der Waals surface area contributed by atoms with Crippen molar-refractivity contribution in [3.05, 3.63) is 140 Å². The number of unbranched alkanes of at least 4 members (excludes halogenated alkanes) is 6. The Balaban J connectivity index is 1.000. The molecule has 0 saturated carbocycles. The zero-order valence-corrected chi connectivity index (χ0v) is 95.0. The largest absolute Gasteiger partial charge is 0.365 e. The van der Waals surface area contributed by atoms with Crippen molar-refractivity contribution in [1.29, 1.82) is 0 Å². The van der Waals surface area contributed by atoms with Gasteiger partial charge in [0.05, 0.1) is 151 Å². The van der Waals surface area contributed by atoms with Gasteiger partial charge in [0.1, 0.15) is 43.9 Å². The van der Waals surface area contributed by atoms with Crippen molar-refractivity contribution in [3.8, 4) is 0 Å². The summed E-state index contributed by atoms with van der Waals surface area (Å²) in [6, 6.07) is -7.13. The van der Waals surface area contributed by atoms with Crippen LogP contribution in [-0.2, 0) is 43.3 Å². The fraction of sp³-hybridized carbons (Fsp3) is 0.634. The number of carbonyl (C=O) groups is 10.